The Bertz CT molecular complexity index is 262. The van der Waals surface area contributed by atoms with Gasteiger partial charge in [-0.15, -0.1) is 0 Å². The monoisotopic (exact) mass is 285 g/mol. The second kappa shape index (κ2) is 3.99. The Balaban J connectivity index is 1.86. The molecule has 0 heterocycles. The van der Waals surface area contributed by atoms with Crippen LogP contribution in [0.1, 0.15) is 18.4 Å². The van der Waals surface area contributed by atoms with Crippen LogP contribution in [0.3, 0.4) is 0 Å². The fourth-order valence-electron chi connectivity index (χ4n) is 1.50. The van der Waals surface area contributed by atoms with Crippen molar-refractivity contribution in [1.29, 1.82) is 0 Å². The molecule has 1 aliphatic carbocycles. The normalized spacial score (nSPS) is 18.5. The summed E-state index contributed by atoms with van der Waals surface area (Å²) in [5.41, 5.74) is 2.05. The summed E-state index contributed by atoms with van der Waals surface area (Å²) in [6, 6.07) is 10.7. The molecule has 1 aromatic carbocycles. The first-order chi connectivity index (χ1) is 6.35. The van der Waals surface area contributed by atoms with Gasteiger partial charge in [0, 0.05) is 4.43 Å². The molecular formula is C12H14I. The summed E-state index contributed by atoms with van der Waals surface area (Å²) in [5, 5.41) is 0. The van der Waals surface area contributed by atoms with E-state index in [-0.39, 0.29) is 0 Å². The summed E-state index contributed by atoms with van der Waals surface area (Å²) in [5.74, 6) is 0. The lowest BCUT2D eigenvalue weighted by Gasteiger charge is -2.09. The fourth-order valence-corrected chi connectivity index (χ4v) is 2.58. The van der Waals surface area contributed by atoms with E-state index in [4.69, 9.17) is 0 Å². The summed E-state index contributed by atoms with van der Waals surface area (Å²) in [7, 11) is 0. The van der Waals surface area contributed by atoms with Crippen LogP contribution in [-0.2, 0) is 6.42 Å². The van der Waals surface area contributed by atoms with Crippen molar-refractivity contribution < 1.29 is 0 Å². The Labute approximate surface area is 93.9 Å². The number of alkyl halides is 1. The van der Waals surface area contributed by atoms with Gasteiger partial charge in [0.15, 0.2) is 0 Å². The maximum Gasteiger partial charge on any atom is 0.00548 e. The van der Waals surface area contributed by atoms with Gasteiger partial charge in [0.1, 0.15) is 0 Å². The summed E-state index contributed by atoms with van der Waals surface area (Å²) in [4.78, 5) is 0. The number of benzene rings is 1. The van der Waals surface area contributed by atoms with E-state index in [9.17, 15) is 0 Å². The SMILES string of the molecule is ICC1([CH]Cc2ccccc2)CC1. The van der Waals surface area contributed by atoms with E-state index in [0.717, 1.165) is 6.42 Å². The predicted molar refractivity (Wildman–Crippen MR) is 65.0 cm³/mol. The number of rotatable bonds is 4. The quantitative estimate of drug-likeness (QED) is 0.585. The van der Waals surface area contributed by atoms with Crippen molar-refractivity contribution in [3.63, 3.8) is 0 Å². The highest BCUT2D eigenvalue weighted by atomic mass is 127. The summed E-state index contributed by atoms with van der Waals surface area (Å²) in [6.07, 6.45) is 6.46. The highest BCUT2D eigenvalue weighted by molar-refractivity contribution is 14.1. The summed E-state index contributed by atoms with van der Waals surface area (Å²) in [6.45, 7) is 0. The van der Waals surface area contributed by atoms with Gasteiger partial charge < -0.3 is 0 Å². The molecule has 69 valence electrons. The van der Waals surface area contributed by atoms with E-state index in [1.807, 2.05) is 0 Å². The molecule has 0 amide bonds. The summed E-state index contributed by atoms with van der Waals surface area (Å²) < 4.78 is 1.29. The van der Waals surface area contributed by atoms with Gasteiger partial charge in [-0.25, -0.2) is 0 Å². The van der Waals surface area contributed by atoms with E-state index >= 15 is 0 Å². The minimum atomic E-state index is 0.608. The molecule has 0 spiro atoms. The van der Waals surface area contributed by atoms with Crippen LogP contribution in [0.2, 0.25) is 0 Å². The average molecular weight is 285 g/mol. The standard InChI is InChI=1S/C12H14I/c13-10-12(8-9-12)7-6-11-4-2-1-3-5-11/h1-5,7H,6,8-10H2. The first kappa shape index (κ1) is 9.50. The van der Waals surface area contributed by atoms with Crippen LogP contribution in [0.5, 0.6) is 0 Å². The van der Waals surface area contributed by atoms with Crippen molar-refractivity contribution in [2.24, 2.45) is 5.41 Å². The molecule has 13 heavy (non-hydrogen) atoms. The Morgan fingerprint density at radius 2 is 1.92 bits per heavy atom. The van der Waals surface area contributed by atoms with Crippen LogP contribution in [0, 0.1) is 11.8 Å². The highest BCUT2D eigenvalue weighted by Gasteiger charge is 2.40. The van der Waals surface area contributed by atoms with E-state index in [2.05, 4.69) is 59.3 Å². The molecule has 0 bridgehead atoms. The Kier molecular flexibility index (Phi) is 2.92. The minimum absolute atomic E-state index is 0.608. The molecule has 1 aliphatic rings. The maximum absolute atomic E-state index is 2.51. The van der Waals surface area contributed by atoms with Gasteiger partial charge in [0.05, 0.1) is 0 Å². The van der Waals surface area contributed by atoms with Crippen LogP contribution >= 0.6 is 22.6 Å². The molecule has 0 N–H and O–H groups in total. The zero-order chi connectivity index (χ0) is 9.15. The van der Waals surface area contributed by atoms with Crippen LogP contribution in [0.4, 0.5) is 0 Å². The van der Waals surface area contributed by atoms with E-state index in [1.165, 1.54) is 22.8 Å². The van der Waals surface area contributed by atoms with Crippen LogP contribution in [-0.4, -0.2) is 4.43 Å². The lowest BCUT2D eigenvalue weighted by molar-refractivity contribution is 0.680. The van der Waals surface area contributed by atoms with Crippen molar-refractivity contribution in [3.05, 3.63) is 42.3 Å². The van der Waals surface area contributed by atoms with Crippen molar-refractivity contribution in [1.82, 2.24) is 0 Å². The van der Waals surface area contributed by atoms with Crippen molar-refractivity contribution >= 4 is 22.6 Å². The van der Waals surface area contributed by atoms with Gasteiger partial charge in [-0.05, 0) is 36.7 Å². The van der Waals surface area contributed by atoms with Gasteiger partial charge in [-0.2, -0.15) is 0 Å². The molecule has 1 aromatic rings. The molecule has 1 saturated carbocycles. The predicted octanol–water partition coefficient (Wildman–Crippen LogP) is 3.65. The van der Waals surface area contributed by atoms with Gasteiger partial charge in [0.2, 0.25) is 0 Å². The van der Waals surface area contributed by atoms with E-state index < -0.39 is 0 Å². The smallest absolute Gasteiger partial charge is 0.00548 e. The topological polar surface area (TPSA) is 0 Å². The first-order valence-corrected chi connectivity index (χ1v) is 6.31. The largest absolute Gasteiger partial charge is 0.0858 e. The minimum Gasteiger partial charge on any atom is -0.0858 e. The number of hydrogen-bond acceptors (Lipinski definition) is 0. The molecule has 1 fully saturated rings. The third-order valence-electron chi connectivity index (χ3n) is 2.77. The zero-order valence-corrected chi connectivity index (χ0v) is 9.83. The Morgan fingerprint density at radius 3 is 2.46 bits per heavy atom. The van der Waals surface area contributed by atoms with Gasteiger partial charge in [-0.1, -0.05) is 52.9 Å². The lowest BCUT2D eigenvalue weighted by atomic mass is 9.99. The van der Waals surface area contributed by atoms with E-state index in [1.54, 1.807) is 0 Å². The molecule has 0 aliphatic heterocycles. The molecule has 0 nitrogen and oxygen atoms in total. The molecule has 1 radical (unpaired) electrons. The van der Waals surface area contributed by atoms with Crippen LogP contribution in [0.25, 0.3) is 0 Å². The molecule has 0 atom stereocenters. The van der Waals surface area contributed by atoms with Crippen molar-refractivity contribution in [2.75, 3.05) is 4.43 Å². The van der Waals surface area contributed by atoms with Crippen LogP contribution < -0.4 is 0 Å². The number of hydrogen-bond donors (Lipinski definition) is 0. The molecule has 2 rings (SSSR count). The zero-order valence-electron chi connectivity index (χ0n) is 7.67. The molecular weight excluding hydrogens is 271 g/mol. The second-order valence-corrected chi connectivity index (χ2v) is 4.65. The summed E-state index contributed by atoms with van der Waals surface area (Å²) >= 11 is 2.50. The first-order valence-electron chi connectivity index (χ1n) is 4.79. The van der Waals surface area contributed by atoms with Crippen molar-refractivity contribution in [3.8, 4) is 0 Å². The maximum atomic E-state index is 2.51. The molecule has 0 aromatic heterocycles. The highest BCUT2D eigenvalue weighted by Crippen LogP contribution is 2.50. The van der Waals surface area contributed by atoms with Gasteiger partial charge >= 0.3 is 0 Å². The second-order valence-electron chi connectivity index (χ2n) is 3.89. The molecule has 0 saturated heterocycles. The van der Waals surface area contributed by atoms with Crippen molar-refractivity contribution in [2.45, 2.75) is 19.3 Å². The average Bonchev–Trinajstić information content (AvgIpc) is 2.97. The lowest BCUT2D eigenvalue weighted by Crippen LogP contribution is -2.04. The van der Waals surface area contributed by atoms with Gasteiger partial charge in [-0.3, -0.25) is 0 Å². The molecule has 1 heteroatoms. The van der Waals surface area contributed by atoms with Crippen LogP contribution in [0.15, 0.2) is 30.3 Å². The fraction of sp³-hybridized carbons (Fsp3) is 0.417. The Morgan fingerprint density at radius 1 is 1.23 bits per heavy atom. The third-order valence-corrected chi connectivity index (χ3v) is 4.29. The van der Waals surface area contributed by atoms with Gasteiger partial charge in [0.25, 0.3) is 0 Å². The third kappa shape index (κ3) is 2.46. The van der Waals surface area contributed by atoms with E-state index in [0.29, 0.717) is 5.41 Å². The Hall–Kier alpha value is -0.0500. The molecule has 0 unspecified atom stereocenters. The number of halogens is 1.